The normalized spacial score (nSPS) is 15.2. The Morgan fingerprint density at radius 1 is 1.14 bits per heavy atom. The van der Waals surface area contributed by atoms with Crippen LogP contribution in [0.5, 0.6) is 0 Å². The monoisotopic (exact) mass is 393 g/mol. The second-order valence-electron chi connectivity index (χ2n) is 7.95. The van der Waals surface area contributed by atoms with Gasteiger partial charge in [-0.2, -0.15) is 10.2 Å². The van der Waals surface area contributed by atoms with Crippen LogP contribution in [0.15, 0.2) is 35.1 Å². The number of benzene rings is 1. The number of carbonyl (C=O) groups is 1. The molecule has 1 aliphatic heterocycles. The van der Waals surface area contributed by atoms with Crippen molar-refractivity contribution in [1.29, 1.82) is 0 Å². The van der Waals surface area contributed by atoms with E-state index in [1.165, 1.54) is 10.2 Å². The maximum atomic E-state index is 13.0. The first kappa shape index (κ1) is 19.4. The molecule has 0 radical (unpaired) electrons. The lowest BCUT2D eigenvalue weighted by molar-refractivity contribution is -0.133. The van der Waals surface area contributed by atoms with Gasteiger partial charge in [-0.25, -0.2) is 9.20 Å². The van der Waals surface area contributed by atoms with Gasteiger partial charge in [-0.05, 0) is 43.7 Å². The van der Waals surface area contributed by atoms with Gasteiger partial charge in [-0.3, -0.25) is 9.59 Å². The minimum Gasteiger partial charge on any atom is -0.341 e. The smallest absolute Gasteiger partial charge is 0.293 e. The minimum atomic E-state index is -0.293. The van der Waals surface area contributed by atoms with Crippen LogP contribution in [-0.4, -0.2) is 43.3 Å². The fourth-order valence-electron chi connectivity index (χ4n) is 3.82. The minimum absolute atomic E-state index is 0.0315. The van der Waals surface area contributed by atoms with E-state index in [9.17, 15) is 9.59 Å². The summed E-state index contributed by atoms with van der Waals surface area (Å²) in [6.07, 6.45) is 2.99. The van der Waals surface area contributed by atoms with Crippen molar-refractivity contribution in [2.45, 2.75) is 46.6 Å². The lowest BCUT2D eigenvalue weighted by Crippen LogP contribution is -2.42. The van der Waals surface area contributed by atoms with E-state index < -0.39 is 0 Å². The second kappa shape index (κ2) is 7.81. The average Bonchev–Trinajstić information content (AvgIpc) is 3.19. The molecule has 7 nitrogen and oxygen atoms in total. The number of hydrogen-bond donors (Lipinski definition) is 0. The molecular formula is C22H27N5O2. The number of nitrogens with zero attached hydrogens (tertiary/aromatic N) is 5. The van der Waals surface area contributed by atoms with Gasteiger partial charge in [0, 0.05) is 18.7 Å². The van der Waals surface area contributed by atoms with Gasteiger partial charge in [-0.1, -0.05) is 38.1 Å². The van der Waals surface area contributed by atoms with E-state index in [1.807, 2.05) is 17.0 Å². The van der Waals surface area contributed by atoms with Gasteiger partial charge in [0.15, 0.2) is 0 Å². The van der Waals surface area contributed by atoms with Crippen molar-refractivity contribution in [2.75, 3.05) is 13.1 Å². The Kier molecular flexibility index (Phi) is 5.22. The Balaban J connectivity index is 1.63. The quantitative estimate of drug-likeness (QED) is 0.683. The number of aromatic nitrogens is 4. The molecule has 0 bridgehead atoms. The molecule has 1 aliphatic rings. The summed E-state index contributed by atoms with van der Waals surface area (Å²) in [6.45, 7) is 7.59. The van der Waals surface area contributed by atoms with E-state index in [0.29, 0.717) is 17.3 Å². The Morgan fingerprint density at radius 2 is 1.83 bits per heavy atom. The molecule has 0 aliphatic carbocycles. The highest BCUT2D eigenvalue weighted by Crippen LogP contribution is 2.20. The fourth-order valence-corrected chi connectivity index (χ4v) is 3.82. The summed E-state index contributed by atoms with van der Waals surface area (Å²) in [5.41, 5.74) is 3.08. The summed E-state index contributed by atoms with van der Waals surface area (Å²) in [7, 11) is 0. The standard InChI is InChI=1S/C22H27N5O2/c1-4-17-5-7-18(8-6-17)19-13-20-22(29)26(23-16(3)27(20)24-19)14-21(28)25-11-9-15(2)10-12-25/h5-8,13,15H,4,9-12,14H2,1-3H3. The number of fused-ring (bicyclic) bond motifs is 1. The van der Waals surface area contributed by atoms with Crippen molar-refractivity contribution in [3.63, 3.8) is 0 Å². The number of carbonyl (C=O) groups excluding carboxylic acids is 1. The molecule has 1 aromatic carbocycles. The number of aryl methyl sites for hydroxylation is 2. The molecule has 29 heavy (non-hydrogen) atoms. The molecule has 0 spiro atoms. The highest BCUT2D eigenvalue weighted by molar-refractivity contribution is 5.76. The summed E-state index contributed by atoms with van der Waals surface area (Å²) < 4.78 is 2.84. The van der Waals surface area contributed by atoms with E-state index in [1.54, 1.807) is 17.5 Å². The number of amides is 1. The van der Waals surface area contributed by atoms with Crippen molar-refractivity contribution in [2.24, 2.45) is 5.92 Å². The van der Waals surface area contributed by atoms with Gasteiger partial charge in [0.25, 0.3) is 5.56 Å². The van der Waals surface area contributed by atoms with Crippen LogP contribution in [0.2, 0.25) is 0 Å². The maximum absolute atomic E-state index is 13.0. The molecule has 4 rings (SSSR count). The zero-order valence-electron chi connectivity index (χ0n) is 17.3. The number of hydrogen-bond acceptors (Lipinski definition) is 4. The van der Waals surface area contributed by atoms with Crippen molar-refractivity contribution in [3.8, 4) is 11.3 Å². The Bertz CT molecular complexity index is 1090. The van der Waals surface area contributed by atoms with Crippen molar-refractivity contribution in [1.82, 2.24) is 24.3 Å². The summed E-state index contributed by atoms with van der Waals surface area (Å²) in [4.78, 5) is 27.5. The van der Waals surface area contributed by atoms with Crippen LogP contribution in [0.1, 0.15) is 38.1 Å². The van der Waals surface area contributed by atoms with Crippen LogP contribution in [0.3, 0.4) is 0 Å². The molecule has 3 aromatic rings. The number of likely N-dealkylation sites (tertiary alicyclic amines) is 1. The molecule has 0 atom stereocenters. The molecule has 152 valence electrons. The van der Waals surface area contributed by atoms with Gasteiger partial charge in [-0.15, -0.1) is 0 Å². The van der Waals surface area contributed by atoms with Crippen molar-refractivity contribution in [3.05, 3.63) is 52.1 Å². The topological polar surface area (TPSA) is 72.5 Å². The summed E-state index contributed by atoms with van der Waals surface area (Å²) in [5, 5.41) is 8.90. The molecule has 1 amide bonds. The van der Waals surface area contributed by atoms with Gasteiger partial charge < -0.3 is 4.90 Å². The molecule has 3 heterocycles. The zero-order valence-corrected chi connectivity index (χ0v) is 17.3. The van der Waals surface area contributed by atoms with Gasteiger partial charge in [0.2, 0.25) is 5.91 Å². The molecule has 0 saturated carbocycles. The third-order valence-corrected chi connectivity index (χ3v) is 5.81. The van der Waals surface area contributed by atoms with Crippen LogP contribution in [0.4, 0.5) is 0 Å². The van der Waals surface area contributed by atoms with Gasteiger partial charge in [0.05, 0.1) is 5.69 Å². The van der Waals surface area contributed by atoms with Crippen LogP contribution >= 0.6 is 0 Å². The largest absolute Gasteiger partial charge is 0.341 e. The van der Waals surface area contributed by atoms with Crippen molar-refractivity contribution < 1.29 is 4.79 Å². The molecule has 1 saturated heterocycles. The van der Waals surface area contributed by atoms with Gasteiger partial charge >= 0.3 is 0 Å². The lowest BCUT2D eigenvalue weighted by atomic mass is 9.99. The summed E-state index contributed by atoms with van der Waals surface area (Å²) in [5.74, 6) is 1.18. The van der Waals surface area contributed by atoms with E-state index in [2.05, 4.69) is 36.2 Å². The first-order chi connectivity index (χ1) is 14.0. The van der Waals surface area contributed by atoms with Crippen LogP contribution < -0.4 is 5.56 Å². The second-order valence-corrected chi connectivity index (χ2v) is 7.95. The predicted molar refractivity (Wildman–Crippen MR) is 112 cm³/mol. The zero-order chi connectivity index (χ0) is 20.5. The van der Waals surface area contributed by atoms with E-state index in [0.717, 1.165) is 43.6 Å². The Labute approximate surface area is 170 Å². The molecule has 0 N–H and O–H groups in total. The SMILES string of the molecule is CCc1ccc(-c2cc3c(=O)n(CC(=O)N4CCC(C)CC4)nc(C)n3n2)cc1. The summed E-state index contributed by atoms with van der Waals surface area (Å²) in [6, 6.07) is 9.95. The number of piperidine rings is 1. The first-order valence-electron chi connectivity index (χ1n) is 10.3. The summed E-state index contributed by atoms with van der Waals surface area (Å²) >= 11 is 0. The van der Waals surface area contributed by atoms with E-state index in [-0.39, 0.29) is 18.0 Å². The highest BCUT2D eigenvalue weighted by atomic mass is 16.2. The van der Waals surface area contributed by atoms with E-state index in [4.69, 9.17) is 0 Å². The van der Waals surface area contributed by atoms with Gasteiger partial charge in [0.1, 0.15) is 17.9 Å². The van der Waals surface area contributed by atoms with Crippen LogP contribution in [-0.2, 0) is 17.8 Å². The van der Waals surface area contributed by atoms with Crippen molar-refractivity contribution >= 4 is 11.4 Å². The first-order valence-corrected chi connectivity index (χ1v) is 10.3. The predicted octanol–water partition coefficient (Wildman–Crippen LogP) is 2.69. The number of rotatable bonds is 4. The molecule has 1 fully saturated rings. The third kappa shape index (κ3) is 3.81. The average molecular weight is 393 g/mol. The Hall–Kier alpha value is -2.96. The maximum Gasteiger partial charge on any atom is 0.293 e. The fraction of sp³-hybridized carbons (Fsp3) is 0.455. The lowest BCUT2D eigenvalue weighted by Gasteiger charge is -2.30. The third-order valence-electron chi connectivity index (χ3n) is 5.81. The molecule has 2 aromatic heterocycles. The van der Waals surface area contributed by atoms with Crippen LogP contribution in [0, 0.1) is 12.8 Å². The molecular weight excluding hydrogens is 366 g/mol. The molecule has 0 unspecified atom stereocenters. The van der Waals surface area contributed by atoms with Crippen LogP contribution in [0.25, 0.3) is 16.8 Å². The highest BCUT2D eigenvalue weighted by Gasteiger charge is 2.22. The Morgan fingerprint density at radius 3 is 2.48 bits per heavy atom. The van der Waals surface area contributed by atoms with E-state index >= 15 is 0 Å². The molecule has 7 heteroatoms.